The fraction of sp³-hybridized carbons (Fsp3) is 0.500. The maximum atomic E-state index is 6.21. The number of thiophene rings is 1. The van der Waals surface area contributed by atoms with Gasteiger partial charge in [0.25, 0.3) is 0 Å². The monoisotopic (exact) mass is 250 g/mol. The molecule has 0 bridgehead atoms. The quantitative estimate of drug-likeness (QED) is 0.691. The van der Waals surface area contributed by atoms with Crippen LogP contribution in [0.4, 0.5) is 0 Å². The lowest BCUT2D eigenvalue weighted by Gasteiger charge is -2.02. The van der Waals surface area contributed by atoms with E-state index in [1.165, 1.54) is 21.5 Å². The summed E-state index contributed by atoms with van der Waals surface area (Å²) in [5.41, 5.74) is 0. The molecule has 0 spiro atoms. The Hall–Kier alpha value is 0.470. The third kappa shape index (κ3) is 1.79. The van der Waals surface area contributed by atoms with Crippen molar-refractivity contribution in [1.29, 1.82) is 0 Å². The molecule has 0 nitrogen and oxygen atoms in total. The zero-order chi connectivity index (χ0) is 7.84. The Morgan fingerprint density at radius 1 is 1.55 bits per heavy atom. The van der Waals surface area contributed by atoms with E-state index in [1.54, 1.807) is 11.3 Å². The normalized spacial score (nSPS) is 20.2. The molecule has 0 saturated heterocycles. The van der Waals surface area contributed by atoms with Gasteiger partial charge in [0, 0.05) is 4.88 Å². The maximum Gasteiger partial charge on any atom is 0.0707 e. The minimum Gasteiger partial charge on any atom is -0.132 e. The smallest absolute Gasteiger partial charge is 0.0707 e. The number of halogens is 2. The lowest BCUT2D eigenvalue weighted by Crippen LogP contribution is -1.86. The highest BCUT2D eigenvalue weighted by Crippen LogP contribution is 2.47. The summed E-state index contributed by atoms with van der Waals surface area (Å²) >= 11 is 11.4. The molecule has 11 heavy (non-hydrogen) atoms. The topological polar surface area (TPSA) is 0 Å². The number of rotatable bonds is 2. The van der Waals surface area contributed by atoms with Crippen LogP contribution in [0.3, 0.4) is 0 Å². The van der Waals surface area contributed by atoms with E-state index in [1.807, 2.05) is 0 Å². The van der Waals surface area contributed by atoms with Gasteiger partial charge in [0.05, 0.1) is 9.16 Å². The highest BCUT2D eigenvalue weighted by Gasteiger charge is 2.31. The van der Waals surface area contributed by atoms with Gasteiger partial charge in [-0.3, -0.25) is 0 Å². The largest absolute Gasteiger partial charge is 0.132 e. The van der Waals surface area contributed by atoms with Crippen molar-refractivity contribution in [2.45, 2.75) is 18.2 Å². The molecule has 1 fully saturated rings. The molecule has 1 heterocycles. The maximum absolute atomic E-state index is 6.21. The highest BCUT2D eigenvalue weighted by molar-refractivity contribution is 9.11. The van der Waals surface area contributed by atoms with Crippen LogP contribution >= 0.6 is 38.9 Å². The van der Waals surface area contributed by atoms with E-state index in [4.69, 9.17) is 11.6 Å². The predicted octanol–water partition coefficient (Wildman–Crippen LogP) is 4.20. The minimum absolute atomic E-state index is 0.270. The van der Waals surface area contributed by atoms with Crippen LogP contribution in [0.1, 0.15) is 23.1 Å². The first kappa shape index (κ1) is 8.09. The predicted molar refractivity (Wildman–Crippen MR) is 53.3 cm³/mol. The second-order valence-electron chi connectivity index (χ2n) is 2.88. The van der Waals surface area contributed by atoms with Crippen molar-refractivity contribution in [2.24, 2.45) is 5.92 Å². The van der Waals surface area contributed by atoms with Gasteiger partial charge < -0.3 is 0 Å². The van der Waals surface area contributed by atoms with Gasteiger partial charge in [0.15, 0.2) is 0 Å². The minimum atomic E-state index is 0.270. The molecule has 1 aromatic heterocycles. The average Bonchev–Trinajstić information content (AvgIpc) is 2.74. The van der Waals surface area contributed by atoms with E-state index >= 15 is 0 Å². The van der Waals surface area contributed by atoms with Crippen molar-refractivity contribution in [3.63, 3.8) is 0 Å². The summed E-state index contributed by atoms with van der Waals surface area (Å²) in [7, 11) is 0. The van der Waals surface area contributed by atoms with Crippen LogP contribution in [0.15, 0.2) is 15.9 Å². The van der Waals surface area contributed by atoms with Crippen molar-refractivity contribution in [3.05, 3.63) is 20.8 Å². The second-order valence-corrected chi connectivity index (χ2v) is 5.85. The molecule has 1 aromatic rings. The van der Waals surface area contributed by atoms with E-state index < -0.39 is 0 Å². The molecule has 3 heteroatoms. The molecule has 0 aromatic carbocycles. The first-order chi connectivity index (χ1) is 5.27. The standard InChI is InChI=1S/C8H8BrClS/c9-7-4-3-6(11-7)8(10)5-1-2-5/h3-5,8H,1-2H2. The van der Waals surface area contributed by atoms with Crippen molar-refractivity contribution in [1.82, 2.24) is 0 Å². The SMILES string of the molecule is ClC(c1ccc(Br)s1)C1CC1. The summed E-state index contributed by atoms with van der Waals surface area (Å²) in [5, 5.41) is 0.270. The van der Waals surface area contributed by atoms with Gasteiger partial charge in [-0.15, -0.1) is 22.9 Å². The molecule has 1 saturated carbocycles. The Morgan fingerprint density at radius 2 is 2.27 bits per heavy atom. The van der Waals surface area contributed by atoms with Crippen molar-refractivity contribution in [3.8, 4) is 0 Å². The van der Waals surface area contributed by atoms with Crippen molar-refractivity contribution in [2.75, 3.05) is 0 Å². The fourth-order valence-electron chi connectivity index (χ4n) is 1.10. The van der Waals surface area contributed by atoms with Crippen molar-refractivity contribution < 1.29 is 0 Å². The summed E-state index contributed by atoms with van der Waals surface area (Å²) < 4.78 is 1.18. The van der Waals surface area contributed by atoms with Crippen LogP contribution in [0.2, 0.25) is 0 Å². The average molecular weight is 252 g/mol. The lowest BCUT2D eigenvalue weighted by molar-refractivity contribution is 0.811. The number of alkyl halides is 1. The molecular weight excluding hydrogens is 244 g/mol. The van der Waals surface area contributed by atoms with Gasteiger partial charge in [-0.05, 0) is 46.8 Å². The third-order valence-electron chi connectivity index (χ3n) is 1.90. The summed E-state index contributed by atoms with van der Waals surface area (Å²) in [6, 6.07) is 4.18. The van der Waals surface area contributed by atoms with Crippen LogP contribution in [0.5, 0.6) is 0 Å². The summed E-state index contributed by atoms with van der Waals surface area (Å²) in [5.74, 6) is 0.752. The Labute approximate surface area is 83.7 Å². The van der Waals surface area contributed by atoms with Crippen LogP contribution in [-0.2, 0) is 0 Å². The molecule has 0 N–H and O–H groups in total. The van der Waals surface area contributed by atoms with Crippen LogP contribution in [0.25, 0.3) is 0 Å². The Bertz CT molecular complexity index is 254. The molecule has 1 unspecified atom stereocenters. The first-order valence-corrected chi connectivity index (χ1v) is 5.71. The zero-order valence-corrected chi connectivity index (χ0v) is 9.05. The van der Waals surface area contributed by atoms with Gasteiger partial charge in [-0.1, -0.05) is 0 Å². The van der Waals surface area contributed by atoms with E-state index in [0.717, 1.165) is 5.92 Å². The van der Waals surface area contributed by atoms with Crippen molar-refractivity contribution >= 4 is 38.9 Å². The van der Waals surface area contributed by atoms with E-state index in [9.17, 15) is 0 Å². The Balaban J connectivity index is 2.14. The van der Waals surface area contributed by atoms with Gasteiger partial charge >= 0.3 is 0 Å². The molecule has 60 valence electrons. The summed E-state index contributed by atoms with van der Waals surface area (Å²) in [4.78, 5) is 1.31. The Morgan fingerprint density at radius 3 is 2.73 bits per heavy atom. The van der Waals surface area contributed by atoms with Gasteiger partial charge in [-0.25, -0.2) is 0 Å². The molecular formula is C8H8BrClS. The Kier molecular flexibility index (Phi) is 2.26. The van der Waals surface area contributed by atoms with Crippen LogP contribution < -0.4 is 0 Å². The highest BCUT2D eigenvalue weighted by atomic mass is 79.9. The van der Waals surface area contributed by atoms with Gasteiger partial charge in [-0.2, -0.15) is 0 Å². The van der Waals surface area contributed by atoms with E-state index in [0.29, 0.717) is 0 Å². The lowest BCUT2D eigenvalue weighted by atomic mass is 10.2. The molecule has 1 atom stereocenters. The van der Waals surface area contributed by atoms with Crippen LogP contribution in [0, 0.1) is 5.92 Å². The summed E-state index contributed by atoms with van der Waals surface area (Å²) in [6.45, 7) is 0. The molecule has 0 radical (unpaired) electrons. The number of hydrogen-bond acceptors (Lipinski definition) is 1. The van der Waals surface area contributed by atoms with Gasteiger partial charge in [0.2, 0.25) is 0 Å². The number of hydrogen-bond donors (Lipinski definition) is 0. The van der Waals surface area contributed by atoms with Gasteiger partial charge in [0.1, 0.15) is 0 Å². The third-order valence-corrected chi connectivity index (χ3v) is 4.33. The molecule has 0 amide bonds. The zero-order valence-electron chi connectivity index (χ0n) is 5.89. The first-order valence-electron chi connectivity index (χ1n) is 3.66. The summed E-state index contributed by atoms with van der Waals surface area (Å²) in [6.07, 6.45) is 2.62. The van der Waals surface area contributed by atoms with E-state index in [-0.39, 0.29) is 5.38 Å². The fourth-order valence-corrected chi connectivity index (χ4v) is 3.05. The van der Waals surface area contributed by atoms with Crippen LogP contribution in [-0.4, -0.2) is 0 Å². The molecule has 0 aliphatic heterocycles. The molecule has 2 rings (SSSR count). The van der Waals surface area contributed by atoms with E-state index in [2.05, 4.69) is 28.1 Å². The molecule has 1 aliphatic rings. The molecule has 1 aliphatic carbocycles. The second kappa shape index (κ2) is 3.08.